The standard InChI is InChI=1S/C21H27N3/c1-3-9-22-14-16-5-7-20-18(11-16)13-19-12-17(15-23-10-4-2)6-8-21(19)24-20/h5-8,11-13,22-23H,3-4,9-10,14-15H2,1-2H3. The Balaban J connectivity index is 1.87. The van der Waals surface area contributed by atoms with Crippen LogP contribution in [0.15, 0.2) is 42.5 Å². The summed E-state index contributed by atoms with van der Waals surface area (Å²) in [5, 5.41) is 9.36. The highest BCUT2D eigenvalue weighted by Gasteiger charge is 2.03. The summed E-state index contributed by atoms with van der Waals surface area (Å²) in [5.41, 5.74) is 4.77. The minimum Gasteiger partial charge on any atom is -0.313 e. The maximum atomic E-state index is 4.81. The Hall–Kier alpha value is -1.97. The van der Waals surface area contributed by atoms with Crippen molar-refractivity contribution in [3.05, 3.63) is 53.6 Å². The van der Waals surface area contributed by atoms with Crippen LogP contribution in [0, 0.1) is 0 Å². The van der Waals surface area contributed by atoms with E-state index >= 15 is 0 Å². The SMILES string of the molecule is CCCNCc1ccc2nc3ccc(CNCCC)cc3cc2c1. The lowest BCUT2D eigenvalue weighted by atomic mass is 10.1. The van der Waals surface area contributed by atoms with E-state index in [-0.39, 0.29) is 0 Å². The zero-order chi connectivity index (χ0) is 16.8. The van der Waals surface area contributed by atoms with Gasteiger partial charge in [0.25, 0.3) is 0 Å². The third-order valence-corrected chi connectivity index (χ3v) is 4.25. The Kier molecular flexibility index (Phi) is 5.78. The fourth-order valence-electron chi connectivity index (χ4n) is 2.98. The first-order chi connectivity index (χ1) is 11.8. The second-order valence-corrected chi connectivity index (χ2v) is 6.40. The summed E-state index contributed by atoms with van der Waals surface area (Å²) in [6.45, 7) is 8.34. The van der Waals surface area contributed by atoms with Gasteiger partial charge >= 0.3 is 0 Å². The van der Waals surface area contributed by atoms with Gasteiger partial charge in [-0.2, -0.15) is 0 Å². The van der Waals surface area contributed by atoms with E-state index in [1.165, 1.54) is 21.9 Å². The summed E-state index contributed by atoms with van der Waals surface area (Å²) in [4.78, 5) is 4.81. The number of nitrogens with one attached hydrogen (secondary N) is 2. The van der Waals surface area contributed by atoms with Crippen LogP contribution in [-0.4, -0.2) is 18.1 Å². The molecule has 0 atom stereocenters. The molecule has 3 rings (SSSR count). The van der Waals surface area contributed by atoms with Crippen LogP contribution in [0.5, 0.6) is 0 Å². The summed E-state index contributed by atoms with van der Waals surface area (Å²) in [5.74, 6) is 0. The van der Waals surface area contributed by atoms with Gasteiger partial charge in [0.15, 0.2) is 0 Å². The molecule has 126 valence electrons. The molecule has 0 fully saturated rings. The normalized spacial score (nSPS) is 11.4. The molecule has 3 heteroatoms. The monoisotopic (exact) mass is 321 g/mol. The highest BCUT2D eigenvalue weighted by molar-refractivity contribution is 5.93. The Morgan fingerprint density at radius 1 is 0.708 bits per heavy atom. The maximum absolute atomic E-state index is 4.81. The van der Waals surface area contributed by atoms with Crippen LogP contribution in [0.4, 0.5) is 0 Å². The van der Waals surface area contributed by atoms with E-state index in [4.69, 9.17) is 4.98 Å². The van der Waals surface area contributed by atoms with Crippen molar-refractivity contribution < 1.29 is 0 Å². The average molecular weight is 321 g/mol. The predicted molar refractivity (Wildman–Crippen MR) is 103 cm³/mol. The first-order valence-electron chi connectivity index (χ1n) is 9.04. The van der Waals surface area contributed by atoms with Crippen LogP contribution in [0.1, 0.15) is 37.8 Å². The van der Waals surface area contributed by atoms with Gasteiger partial charge in [-0.05, 0) is 67.4 Å². The number of hydrogen-bond donors (Lipinski definition) is 2. The van der Waals surface area contributed by atoms with Crippen LogP contribution in [0.2, 0.25) is 0 Å². The number of pyridine rings is 1. The molecule has 0 aliphatic rings. The van der Waals surface area contributed by atoms with E-state index in [2.05, 4.69) is 66.9 Å². The van der Waals surface area contributed by atoms with Crippen molar-refractivity contribution in [3.63, 3.8) is 0 Å². The molecule has 0 bridgehead atoms. The molecule has 0 aliphatic carbocycles. The first kappa shape index (κ1) is 16.9. The molecular formula is C21H27N3. The van der Waals surface area contributed by atoms with Crippen LogP contribution in [-0.2, 0) is 13.1 Å². The van der Waals surface area contributed by atoms with E-state index < -0.39 is 0 Å². The van der Waals surface area contributed by atoms with Gasteiger partial charge in [-0.15, -0.1) is 0 Å². The number of aromatic nitrogens is 1. The quantitative estimate of drug-likeness (QED) is 0.477. The summed E-state index contributed by atoms with van der Waals surface area (Å²) in [6.07, 6.45) is 2.32. The van der Waals surface area contributed by atoms with Gasteiger partial charge < -0.3 is 10.6 Å². The number of benzene rings is 2. The lowest BCUT2D eigenvalue weighted by Crippen LogP contribution is -2.13. The molecule has 24 heavy (non-hydrogen) atoms. The van der Waals surface area contributed by atoms with Gasteiger partial charge in [-0.25, -0.2) is 4.98 Å². The van der Waals surface area contributed by atoms with E-state index in [1.54, 1.807) is 0 Å². The minimum absolute atomic E-state index is 0.919. The third kappa shape index (κ3) is 4.11. The van der Waals surface area contributed by atoms with Crippen molar-refractivity contribution in [2.75, 3.05) is 13.1 Å². The molecule has 2 N–H and O–H groups in total. The molecule has 2 aromatic carbocycles. The van der Waals surface area contributed by atoms with Gasteiger partial charge in [0, 0.05) is 23.9 Å². The van der Waals surface area contributed by atoms with Gasteiger partial charge in [-0.3, -0.25) is 0 Å². The van der Waals surface area contributed by atoms with E-state index in [0.29, 0.717) is 0 Å². The molecule has 0 spiro atoms. The smallest absolute Gasteiger partial charge is 0.0709 e. The van der Waals surface area contributed by atoms with Gasteiger partial charge in [0.05, 0.1) is 11.0 Å². The van der Waals surface area contributed by atoms with E-state index in [0.717, 1.165) is 50.1 Å². The highest BCUT2D eigenvalue weighted by Crippen LogP contribution is 2.22. The summed E-state index contributed by atoms with van der Waals surface area (Å²) >= 11 is 0. The topological polar surface area (TPSA) is 37.0 Å². The van der Waals surface area contributed by atoms with E-state index in [9.17, 15) is 0 Å². The minimum atomic E-state index is 0.919. The molecule has 1 aromatic heterocycles. The average Bonchev–Trinajstić information content (AvgIpc) is 2.60. The summed E-state index contributed by atoms with van der Waals surface area (Å²) in [7, 11) is 0. The lowest BCUT2D eigenvalue weighted by Gasteiger charge is -2.08. The van der Waals surface area contributed by atoms with Crippen molar-refractivity contribution in [1.29, 1.82) is 0 Å². The van der Waals surface area contributed by atoms with Crippen molar-refractivity contribution in [1.82, 2.24) is 15.6 Å². The molecule has 0 aliphatic heterocycles. The molecule has 0 unspecified atom stereocenters. The molecule has 3 nitrogen and oxygen atoms in total. The molecule has 3 aromatic rings. The molecule has 0 saturated carbocycles. The second-order valence-electron chi connectivity index (χ2n) is 6.40. The summed E-state index contributed by atoms with van der Waals surface area (Å²) < 4.78 is 0. The zero-order valence-electron chi connectivity index (χ0n) is 14.7. The first-order valence-corrected chi connectivity index (χ1v) is 9.04. The van der Waals surface area contributed by atoms with E-state index in [1.807, 2.05) is 0 Å². The van der Waals surface area contributed by atoms with Crippen LogP contribution < -0.4 is 10.6 Å². The largest absolute Gasteiger partial charge is 0.313 e. The van der Waals surface area contributed by atoms with Crippen molar-refractivity contribution >= 4 is 21.8 Å². The van der Waals surface area contributed by atoms with Crippen LogP contribution in [0.25, 0.3) is 21.8 Å². The zero-order valence-corrected chi connectivity index (χ0v) is 14.7. The van der Waals surface area contributed by atoms with Gasteiger partial charge in [0.2, 0.25) is 0 Å². The fraction of sp³-hybridized carbons (Fsp3) is 0.381. The Morgan fingerprint density at radius 2 is 1.21 bits per heavy atom. The molecule has 0 amide bonds. The second kappa shape index (κ2) is 8.22. The van der Waals surface area contributed by atoms with Crippen molar-refractivity contribution in [3.8, 4) is 0 Å². The van der Waals surface area contributed by atoms with Crippen LogP contribution in [0.3, 0.4) is 0 Å². The highest BCUT2D eigenvalue weighted by atomic mass is 14.8. The number of rotatable bonds is 8. The molecular weight excluding hydrogens is 294 g/mol. The Morgan fingerprint density at radius 3 is 1.67 bits per heavy atom. The van der Waals surface area contributed by atoms with Gasteiger partial charge in [0.1, 0.15) is 0 Å². The van der Waals surface area contributed by atoms with Crippen molar-refractivity contribution in [2.45, 2.75) is 39.8 Å². The van der Waals surface area contributed by atoms with Crippen molar-refractivity contribution in [2.24, 2.45) is 0 Å². The number of nitrogens with zero attached hydrogens (tertiary/aromatic N) is 1. The van der Waals surface area contributed by atoms with Gasteiger partial charge in [-0.1, -0.05) is 26.0 Å². The number of hydrogen-bond acceptors (Lipinski definition) is 3. The lowest BCUT2D eigenvalue weighted by molar-refractivity contribution is 0.676. The Labute approximate surface area is 144 Å². The summed E-state index contributed by atoms with van der Waals surface area (Å²) in [6, 6.07) is 15.4. The van der Waals surface area contributed by atoms with Crippen LogP contribution >= 0.6 is 0 Å². The molecule has 1 heterocycles. The Bertz CT molecular complexity index is 746. The maximum Gasteiger partial charge on any atom is 0.0709 e. The molecule has 0 saturated heterocycles. The molecule has 0 radical (unpaired) electrons. The third-order valence-electron chi connectivity index (χ3n) is 4.25. The number of fused-ring (bicyclic) bond motifs is 2. The predicted octanol–water partition coefficient (Wildman–Crippen LogP) is 4.39. The fourth-order valence-corrected chi connectivity index (χ4v) is 2.98.